The molecule has 6 heteroatoms. The van der Waals surface area contributed by atoms with Crippen molar-refractivity contribution in [2.24, 2.45) is 0 Å². The Bertz CT molecular complexity index is 330. The zero-order chi connectivity index (χ0) is 10.6. The topological polar surface area (TPSA) is 38.3 Å². The van der Waals surface area contributed by atoms with Crippen LogP contribution < -0.4 is 10.1 Å². The summed E-state index contributed by atoms with van der Waals surface area (Å²) in [5.74, 6) is -1.14. The minimum Gasteiger partial charge on any atom is -0.432 e. The molecule has 0 aliphatic carbocycles. The van der Waals surface area contributed by atoms with Crippen LogP contribution in [-0.4, -0.2) is 13.0 Å². The van der Waals surface area contributed by atoms with Gasteiger partial charge in [-0.15, -0.1) is 0 Å². The summed E-state index contributed by atoms with van der Waals surface area (Å²) in [5.41, 5.74) is -0.0123. The number of carbonyl (C=O) groups is 1. The van der Waals surface area contributed by atoms with E-state index in [2.05, 4.69) is 10.1 Å². The van der Waals surface area contributed by atoms with Gasteiger partial charge in [-0.1, -0.05) is 0 Å². The lowest BCUT2D eigenvalue weighted by molar-refractivity contribution is -0.105. The fourth-order valence-electron chi connectivity index (χ4n) is 0.872. The average molecular weight is 205 g/mol. The van der Waals surface area contributed by atoms with Gasteiger partial charge in [0.15, 0.2) is 5.75 Å². The van der Waals surface area contributed by atoms with Crippen LogP contribution in [0.3, 0.4) is 0 Å². The Kier molecular flexibility index (Phi) is 3.33. The first-order valence-electron chi connectivity index (χ1n) is 3.58. The summed E-state index contributed by atoms with van der Waals surface area (Å²) >= 11 is 0. The fourth-order valence-corrected chi connectivity index (χ4v) is 0.872. The number of carbonyl (C=O) groups excluding carboxylic acids is 1. The van der Waals surface area contributed by atoms with Gasteiger partial charge in [0, 0.05) is 6.07 Å². The number of ether oxygens (including phenoxy) is 1. The minimum absolute atomic E-state index is 0.0123. The van der Waals surface area contributed by atoms with Crippen LogP contribution in [0.15, 0.2) is 18.2 Å². The molecular formula is C8H6F3NO2. The van der Waals surface area contributed by atoms with E-state index in [1.807, 2.05) is 0 Å². The predicted octanol–water partition coefficient (Wildman–Crippen LogP) is 2.00. The van der Waals surface area contributed by atoms with E-state index in [0.29, 0.717) is 0 Å². The van der Waals surface area contributed by atoms with Gasteiger partial charge in [0.05, 0.1) is 5.69 Å². The summed E-state index contributed by atoms with van der Waals surface area (Å²) in [6.45, 7) is -3.07. The molecule has 0 atom stereocenters. The summed E-state index contributed by atoms with van der Waals surface area (Å²) in [4.78, 5) is 10.0. The molecule has 1 aromatic rings. The molecule has 0 radical (unpaired) electrons. The normalized spacial score (nSPS) is 10.0. The Morgan fingerprint density at radius 3 is 2.71 bits per heavy atom. The maximum absolute atomic E-state index is 12.6. The zero-order valence-corrected chi connectivity index (χ0v) is 6.84. The Morgan fingerprint density at radius 1 is 1.43 bits per heavy atom. The van der Waals surface area contributed by atoms with E-state index in [0.717, 1.165) is 18.2 Å². The van der Waals surface area contributed by atoms with Gasteiger partial charge in [0.1, 0.15) is 5.82 Å². The van der Waals surface area contributed by atoms with Crippen molar-refractivity contribution in [1.82, 2.24) is 0 Å². The van der Waals surface area contributed by atoms with E-state index < -0.39 is 18.2 Å². The molecule has 0 aliphatic heterocycles. The Balaban J connectivity index is 2.96. The first-order chi connectivity index (χ1) is 6.63. The van der Waals surface area contributed by atoms with Gasteiger partial charge in [-0.3, -0.25) is 4.79 Å². The Labute approximate surface area is 77.5 Å². The largest absolute Gasteiger partial charge is 0.432 e. The molecule has 1 N–H and O–H groups in total. The van der Waals surface area contributed by atoms with Crippen molar-refractivity contribution in [3.05, 3.63) is 24.0 Å². The maximum atomic E-state index is 12.6. The van der Waals surface area contributed by atoms with Crippen molar-refractivity contribution in [2.45, 2.75) is 6.61 Å². The number of hydrogen-bond acceptors (Lipinski definition) is 2. The number of rotatable bonds is 4. The number of amides is 1. The molecule has 0 spiro atoms. The molecule has 0 bridgehead atoms. The summed E-state index contributed by atoms with van der Waals surface area (Å²) in [5, 5.41) is 2.10. The molecule has 3 nitrogen and oxygen atoms in total. The number of nitrogens with one attached hydrogen (secondary N) is 1. The lowest BCUT2D eigenvalue weighted by Crippen LogP contribution is -2.05. The molecule has 0 saturated heterocycles. The zero-order valence-electron chi connectivity index (χ0n) is 6.84. The van der Waals surface area contributed by atoms with Crippen LogP contribution in [0.1, 0.15) is 0 Å². The van der Waals surface area contributed by atoms with Crippen LogP contribution in [0, 0.1) is 5.82 Å². The summed E-state index contributed by atoms with van der Waals surface area (Å²) in [7, 11) is 0. The van der Waals surface area contributed by atoms with Crippen molar-refractivity contribution < 1.29 is 22.7 Å². The molecule has 1 aromatic carbocycles. The summed E-state index contributed by atoms with van der Waals surface area (Å²) < 4.78 is 40.2. The smallest absolute Gasteiger partial charge is 0.387 e. The van der Waals surface area contributed by atoms with Crippen molar-refractivity contribution >= 4 is 12.1 Å². The fraction of sp³-hybridized carbons (Fsp3) is 0.125. The first-order valence-corrected chi connectivity index (χ1v) is 3.58. The summed E-state index contributed by atoms with van der Waals surface area (Å²) in [6, 6.07) is 2.91. The molecule has 0 unspecified atom stereocenters. The highest BCUT2D eigenvalue weighted by molar-refractivity contribution is 5.75. The Morgan fingerprint density at radius 2 is 2.14 bits per heavy atom. The van der Waals surface area contributed by atoms with E-state index in [1.54, 1.807) is 0 Å². The molecule has 0 aromatic heterocycles. The number of halogens is 3. The van der Waals surface area contributed by atoms with Gasteiger partial charge < -0.3 is 10.1 Å². The van der Waals surface area contributed by atoms with Crippen molar-refractivity contribution in [1.29, 1.82) is 0 Å². The number of hydrogen-bond donors (Lipinski definition) is 1. The highest BCUT2D eigenvalue weighted by atomic mass is 19.3. The van der Waals surface area contributed by atoms with Gasteiger partial charge in [0.25, 0.3) is 0 Å². The molecule has 0 saturated carbocycles. The lowest BCUT2D eigenvalue weighted by atomic mass is 10.3. The lowest BCUT2D eigenvalue weighted by Gasteiger charge is -2.08. The van der Waals surface area contributed by atoms with Gasteiger partial charge in [-0.05, 0) is 12.1 Å². The number of alkyl halides is 2. The predicted molar refractivity (Wildman–Crippen MR) is 42.7 cm³/mol. The van der Waals surface area contributed by atoms with Crippen molar-refractivity contribution in [3.8, 4) is 5.75 Å². The second-order valence-electron chi connectivity index (χ2n) is 2.28. The highest BCUT2D eigenvalue weighted by Gasteiger charge is 2.10. The standard InChI is InChI=1S/C8H6F3NO2/c9-5-1-2-6(12-4-13)7(3-5)14-8(10)11/h1-4,8H,(H,12,13). The van der Waals surface area contributed by atoms with Crippen molar-refractivity contribution in [2.75, 3.05) is 5.32 Å². The molecule has 1 rings (SSSR count). The SMILES string of the molecule is O=CNc1ccc(F)cc1OC(F)F. The molecule has 76 valence electrons. The van der Waals surface area contributed by atoms with E-state index in [-0.39, 0.29) is 12.1 Å². The minimum atomic E-state index is -3.07. The third kappa shape index (κ3) is 2.65. The highest BCUT2D eigenvalue weighted by Crippen LogP contribution is 2.26. The third-order valence-electron chi connectivity index (χ3n) is 1.37. The average Bonchev–Trinajstić information content (AvgIpc) is 2.09. The maximum Gasteiger partial charge on any atom is 0.387 e. The molecule has 0 aliphatic rings. The van der Waals surface area contributed by atoms with Crippen LogP contribution in [0.4, 0.5) is 18.9 Å². The van der Waals surface area contributed by atoms with Crippen molar-refractivity contribution in [3.63, 3.8) is 0 Å². The van der Waals surface area contributed by atoms with E-state index in [1.165, 1.54) is 0 Å². The van der Waals surface area contributed by atoms with Gasteiger partial charge in [0.2, 0.25) is 6.41 Å². The van der Waals surface area contributed by atoms with E-state index >= 15 is 0 Å². The van der Waals surface area contributed by atoms with Crippen LogP contribution >= 0.6 is 0 Å². The van der Waals surface area contributed by atoms with Gasteiger partial charge in [-0.2, -0.15) is 8.78 Å². The van der Waals surface area contributed by atoms with Gasteiger partial charge >= 0.3 is 6.61 Å². The second-order valence-corrected chi connectivity index (χ2v) is 2.28. The quantitative estimate of drug-likeness (QED) is 0.763. The Hall–Kier alpha value is -1.72. The molecule has 1 amide bonds. The molecular weight excluding hydrogens is 199 g/mol. The monoisotopic (exact) mass is 205 g/mol. The summed E-state index contributed by atoms with van der Waals surface area (Å²) in [6.07, 6.45) is 0.283. The van der Waals surface area contributed by atoms with E-state index in [9.17, 15) is 18.0 Å². The van der Waals surface area contributed by atoms with Gasteiger partial charge in [-0.25, -0.2) is 4.39 Å². The van der Waals surface area contributed by atoms with Crippen LogP contribution in [0.2, 0.25) is 0 Å². The molecule has 0 fully saturated rings. The molecule has 0 heterocycles. The number of benzene rings is 1. The van der Waals surface area contributed by atoms with Crippen LogP contribution in [0.5, 0.6) is 5.75 Å². The van der Waals surface area contributed by atoms with E-state index in [4.69, 9.17) is 0 Å². The second kappa shape index (κ2) is 4.50. The van der Waals surface area contributed by atoms with Crippen LogP contribution in [0.25, 0.3) is 0 Å². The molecule has 14 heavy (non-hydrogen) atoms. The third-order valence-corrected chi connectivity index (χ3v) is 1.37. The number of anilines is 1. The van der Waals surface area contributed by atoms with Crippen LogP contribution in [-0.2, 0) is 4.79 Å². The first kappa shape index (κ1) is 10.4.